The summed E-state index contributed by atoms with van der Waals surface area (Å²) >= 11 is 1.41. The molecule has 0 saturated heterocycles. The van der Waals surface area contributed by atoms with E-state index >= 15 is 0 Å². The van der Waals surface area contributed by atoms with E-state index in [0.29, 0.717) is 22.4 Å². The maximum atomic E-state index is 11.2. The number of hydrogen-bond acceptors (Lipinski definition) is 5. The fourth-order valence-corrected chi connectivity index (χ4v) is 3.07. The number of benzene rings is 2. The highest BCUT2D eigenvalue weighted by Gasteiger charge is 2.09. The summed E-state index contributed by atoms with van der Waals surface area (Å²) < 4.78 is 0. The van der Waals surface area contributed by atoms with E-state index in [1.807, 2.05) is 24.3 Å². The van der Waals surface area contributed by atoms with Crippen LogP contribution in [0.15, 0.2) is 53.7 Å². The molecule has 0 bridgehead atoms. The van der Waals surface area contributed by atoms with Gasteiger partial charge in [-0.25, -0.2) is 9.78 Å². The van der Waals surface area contributed by atoms with Gasteiger partial charge >= 0.3 is 5.97 Å². The summed E-state index contributed by atoms with van der Waals surface area (Å²) in [6.07, 6.45) is 0. The lowest BCUT2D eigenvalue weighted by Gasteiger charge is -2.03. The van der Waals surface area contributed by atoms with E-state index in [0.717, 1.165) is 11.1 Å². The SMILES string of the molecule is CC(=O)Nc1cccc(-c2nc(SCc3cccc(C(=O)O)c3)n[nH]2)c1. The monoisotopic (exact) mass is 368 g/mol. The Kier molecular flexibility index (Phi) is 5.33. The molecule has 7 nitrogen and oxygen atoms in total. The summed E-state index contributed by atoms with van der Waals surface area (Å²) in [6.45, 7) is 1.45. The lowest BCUT2D eigenvalue weighted by atomic mass is 10.1. The Balaban J connectivity index is 1.69. The zero-order valence-electron chi connectivity index (χ0n) is 13.9. The lowest BCUT2D eigenvalue weighted by molar-refractivity contribution is -0.114. The Bertz CT molecular complexity index is 955. The number of H-pyrrole nitrogens is 1. The number of anilines is 1. The van der Waals surface area contributed by atoms with Crippen molar-refractivity contribution in [2.45, 2.75) is 17.8 Å². The van der Waals surface area contributed by atoms with E-state index in [9.17, 15) is 9.59 Å². The zero-order valence-corrected chi connectivity index (χ0v) is 14.7. The Morgan fingerprint density at radius 3 is 2.77 bits per heavy atom. The van der Waals surface area contributed by atoms with Crippen LogP contribution in [-0.4, -0.2) is 32.2 Å². The number of aromatic carboxylic acids is 1. The van der Waals surface area contributed by atoms with Gasteiger partial charge in [0.1, 0.15) is 0 Å². The van der Waals surface area contributed by atoms with Crippen LogP contribution in [0.4, 0.5) is 5.69 Å². The maximum Gasteiger partial charge on any atom is 0.335 e. The summed E-state index contributed by atoms with van der Waals surface area (Å²) in [6, 6.07) is 14.1. The molecule has 132 valence electrons. The highest BCUT2D eigenvalue weighted by Crippen LogP contribution is 2.24. The van der Waals surface area contributed by atoms with E-state index in [-0.39, 0.29) is 11.5 Å². The van der Waals surface area contributed by atoms with Crippen LogP contribution in [0.5, 0.6) is 0 Å². The summed E-state index contributed by atoms with van der Waals surface area (Å²) in [5.74, 6) is 0.0688. The molecule has 0 unspecified atom stereocenters. The van der Waals surface area contributed by atoms with Crippen molar-refractivity contribution in [3.63, 3.8) is 0 Å². The molecule has 3 rings (SSSR count). The normalized spacial score (nSPS) is 10.5. The molecule has 1 aromatic heterocycles. The van der Waals surface area contributed by atoms with E-state index in [1.54, 1.807) is 24.3 Å². The Labute approximate surface area is 153 Å². The molecule has 0 radical (unpaired) electrons. The number of aromatic nitrogens is 3. The van der Waals surface area contributed by atoms with Crippen LogP contribution in [-0.2, 0) is 10.5 Å². The number of carboxylic acid groups (broad SMARTS) is 1. The highest BCUT2D eigenvalue weighted by atomic mass is 32.2. The second-order valence-corrected chi connectivity index (χ2v) is 6.47. The first-order valence-corrected chi connectivity index (χ1v) is 8.75. The molecule has 2 aromatic carbocycles. The number of nitrogens with zero attached hydrogens (tertiary/aromatic N) is 2. The number of carbonyl (C=O) groups excluding carboxylic acids is 1. The van der Waals surface area contributed by atoms with Gasteiger partial charge in [-0.1, -0.05) is 36.0 Å². The first-order chi connectivity index (χ1) is 12.5. The predicted molar refractivity (Wildman–Crippen MR) is 99.1 cm³/mol. The van der Waals surface area contributed by atoms with Crippen LogP contribution in [0, 0.1) is 0 Å². The molecule has 0 spiro atoms. The molecule has 0 saturated carbocycles. The predicted octanol–water partition coefficient (Wildman–Crippen LogP) is 3.42. The van der Waals surface area contributed by atoms with Crippen molar-refractivity contribution in [1.82, 2.24) is 15.2 Å². The van der Waals surface area contributed by atoms with Crippen molar-refractivity contribution in [2.24, 2.45) is 0 Å². The molecular weight excluding hydrogens is 352 g/mol. The van der Waals surface area contributed by atoms with Crippen molar-refractivity contribution < 1.29 is 14.7 Å². The number of aromatic amines is 1. The number of rotatable bonds is 6. The fraction of sp³-hybridized carbons (Fsp3) is 0.111. The summed E-state index contributed by atoms with van der Waals surface area (Å²) in [7, 11) is 0. The second kappa shape index (κ2) is 7.83. The minimum absolute atomic E-state index is 0.139. The van der Waals surface area contributed by atoms with Gasteiger partial charge in [0.15, 0.2) is 5.82 Å². The minimum Gasteiger partial charge on any atom is -0.478 e. The molecule has 0 aliphatic heterocycles. The molecule has 1 amide bonds. The third-order valence-electron chi connectivity index (χ3n) is 3.46. The number of nitrogens with one attached hydrogen (secondary N) is 2. The first-order valence-electron chi connectivity index (χ1n) is 7.77. The van der Waals surface area contributed by atoms with Crippen LogP contribution in [0.2, 0.25) is 0 Å². The van der Waals surface area contributed by atoms with Gasteiger partial charge in [0.05, 0.1) is 5.56 Å². The molecule has 3 aromatic rings. The standard InChI is InChI=1S/C18H16N4O3S/c1-11(23)19-15-7-3-5-13(9-15)16-20-18(22-21-16)26-10-12-4-2-6-14(8-12)17(24)25/h2-9H,10H2,1H3,(H,19,23)(H,24,25)(H,20,21,22). The largest absolute Gasteiger partial charge is 0.478 e. The van der Waals surface area contributed by atoms with Crippen molar-refractivity contribution in [2.75, 3.05) is 5.32 Å². The molecule has 8 heteroatoms. The number of thioether (sulfide) groups is 1. The van der Waals surface area contributed by atoms with Crippen LogP contribution in [0.1, 0.15) is 22.8 Å². The quantitative estimate of drug-likeness (QED) is 0.575. The average molecular weight is 368 g/mol. The number of carboxylic acids is 1. The third kappa shape index (κ3) is 4.48. The molecule has 0 fully saturated rings. The number of amides is 1. The van der Waals surface area contributed by atoms with E-state index in [1.165, 1.54) is 18.7 Å². The number of hydrogen-bond donors (Lipinski definition) is 3. The van der Waals surface area contributed by atoms with Gasteiger partial charge in [-0.2, -0.15) is 0 Å². The Hall–Kier alpha value is -3.13. The highest BCUT2D eigenvalue weighted by molar-refractivity contribution is 7.98. The van der Waals surface area contributed by atoms with Gasteiger partial charge in [-0.05, 0) is 29.8 Å². The van der Waals surface area contributed by atoms with E-state index in [2.05, 4.69) is 20.5 Å². The molecule has 3 N–H and O–H groups in total. The van der Waals surface area contributed by atoms with Crippen LogP contribution < -0.4 is 5.32 Å². The molecule has 0 atom stereocenters. The molecular formula is C18H16N4O3S. The molecule has 26 heavy (non-hydrogen) atoms. The van der Waals surface area contributed by atoms with Gasteiger partial charge in [-0.3, -0.25) is 9.89 Å². The molecule has 1 heterocycles. The summed E-state index contributed by atoms with van der Waals surface area (Å²) in [4.78, 5) is 26.6. The number of carbonyl (C=O) groups is 2. The minimum atomic E-state index is -0.948. The molecule has 0 aliphatic carbocycles. The van der Waals surface area contributed by atoms with Crippen molar-refractivity contribution in [3.05, 3.63) is 59.7 Å². The topological polar surface area (TPSA) is 108 Å². The zero-order chi connectivity index (χ0) is 18.5. The van der Waals surface area contributed by atoms with Crippen molar-refractivity contribution >= 4 is 29.3 Å². The van der Waals surface area contributed by atoms with Crippen LogP contribution in [0.25, 0.3) is 11.4 Å². The van der Waals surface area contributed by atoms with Crippen LogP contribution >= 0.6 is 11.8 Å². The second-order valence-electron chi connectivity index (χ2n) is 5.52. The van der Waals surface area contributed by atoms with Gasteiger partial charge in [0.2, 0.25) is 11.1 Å². The summed E-state index contributed by atoms with van der Waals surface area (Å²) in [5, 5.41) is 19.4. The van der Waals surface area contributed by atoms with E-state index < -0.39 is 5.97 Å². The van der Waals surface area contributed by atoms with Gasteiger partial charge in [-0.15, -0.1) is 5.10 Å². The van der Waals surface area contributed by atoms with Crippen LogP contribution in [0.3, 0.4) is 0 Å². The fourth-order valence-electron chi connectivity index (χ4n) is 2.33. The summed E-state index contributed by atoms with van der Waals surface area (Å²) in [5.41, 5.74) is 2.64. The third-order valence-corrected chi connectivity index (χ3v) is 4.38. The van der Waals surface area contributed by atoms with Gasteiger partial charge in [0, 0.05) is 23.9 Å². The average Bonchev–Trinajstić information content (AvgIpc) is 3.09. The van der Waals surface area contributed by atoms with Gasteiger partial charge < -0.3 is 10.4 Å². The Morgan fingerprint density at radius 1 is 1.19 bits per heavy atom. The van der Waals surface area contributed by atoms with Crippen molar-refractivity contribution in [3.8, 4) is 11.4 Å². The lowest BCUT2D eigenvalue weighted by Crippen LogP contribution is -2.05. The van der Waals surface area contributed by atoms with Gasteiger partial charge in [0.25, 0.3) is 0 Å². The molecule has 0 aliphatic rings. The Morgan fingerprint density at radius 2 is 2.00 bits per heavy atom. The smallest absolute Gasteiger partial charge is 0.335 e. The van der Waals surface area contributed by atoms with E-state index in [4.69, 9.17) is 5.11 Å². The maximum absolute atomic E-state index is 11.2. The van der Waals surface area contributed by atoms with Crippen molar-refractivity contribution in [1.29, 1.82) is 0 Å². The first kappa shape index (κ1) is 17.7.